The van der Waals surface area contributed by atoms with Crippen molar-refractivity contribution in [3.63, 3.8) is 0 Å². The van der Waals surface area contributed by atoms with Crippen LogP contribution in [0.25, 0.3) is 0 Å². The molecule has 0 spiro atoms. The zero-order chi connectivity index (χ0) is 13.3. The lowest BCUT2D eigenvalue weighted by molar-refractivity contribution is 0.102. The van der Waals surface area contributed by atoms with Crippen LogP contribution >= 0.6 is 11.6 Å². The Bertz CT molecular complexity index is 556. The summed E-state index contributed by atoms with van der Waals surface area (Å²) in [6.45, 7) is 5.77. The summed E-state index contributed by atoms with van der Waals surface area (Å²) < 4.78 is 0. The minimum atomic E-state index is -1.02. The summed E-state index contributed by atoms with van der Waals surface area (Å²) in [5.74, 6) is 0. The van der Waals surface area contributed by atoms with Gasteiger partial charge in [-0.05, 0) is 43.5 Å². The van der Waals surface area contributed by atoms with Gasteiger partial charge in [0.2, 0.25) is 0 Å². The molecule has 0 saturated heterocycles. The van der Waals surface area contributed by atoms with E-state index in [-0.39, 0.29) is 0 Å². The molecule has 18 heavy (non-hydrogen) atoms. The Morgan fingerprint density at radius 1 is 0.944 bits per heavy atom. The maximum absolute atomic E-state index is 10.7. The van der Waals surface area contributed by atoms with Crippen LogP contribution in [0.5, 0.6) is 0 Å². The third-order valence-corrected chi connectivity index (χ3v) is 3.75. The topological polar surface area (TPSA) is 20.2 Å². The third-order valence-electron chi connectivity index (χ3n) is 3.35. The highest BCUT2D eigenvalue weighted by atomic mass is 35.5. The van der Waals surface area contributed by atoms with Gasteiger partial charge in [0.1, 0.15) is 5.60 Å². The molecule has 0 fully saturated rings. The van der Waals surface area contributed by atoms with Crippen molar-refractivity contribution in [1.82, 2.24) is 0 Å². The fraction of sp³-hybridized carbons (Fsp3) is 0.250. The molecule has 0 radical (unpaired) electrons. The first-order valence-electron chi connectivity index (χ1n) is 5.97. The summed E-state index contributed by atoms with van der Waals surface area (Å²) >= 11 is 6.12. The zero-order valence-electron chi connectivity index (χ0n) is 10.9. The van der Waals surface area contributed by atoms with Crippen molar-refractivity contribution in [2.24, 2.45) is 0 Å². The fourth-order valence-corrected chi connectivity index (χ4v) is 2.12. The van der Waals surface area contributed by atoms with E-state index in [0.717, 1.165) is 16.7 Å². The highest BCUT2D eigenvalue weighted by Crippen LogP contribution is 2.31. The van der Waals surface area contributed by atoms with E-state index in [1.54, 1.807) is 6.92 Å². The number of aryl methyl sites for hydroxylation is 2. The van der Waals surface area contributed by atoms with Crippen LogP contribution in [-0.4, -0.2) is 5.11 Å². The molecule has 0 aliphatic carbocycles. The average Bonchev–Trinajstić information content (AvgIpc) is 2.33. The summed E-state index contributed by atoms with van der Waals surface area (Å²) in [5, 5.41) is 11.4. The van der Waals surface area contributed by atoms with Crippen LogP contribution in [0.2, 0.25) is 5.02 Å². The Kier molecular flexibility index (Phi) is 3.47. The molecule has 0 bridgehead atoms. The molecule has 1 atom stereocenters. The van der Waals surface area contributed by atoms with Crippen molar-refractivity contribution in [2.75, 3.05) is 0 Å². The molecule has 2 rings (SSSR count). The van der Waals surface area contributed by atoms with E-state index >= 15 is 0 Å². The van der Waals surface area contributed by atoms with Gasteiger partial charge in [0, 0.05) is 5.02 Å². The number of hydrogen-bond acceptors (Lipinski definition) is 1. The van der Waals surface area contributed by atoms with Crippen LogP contribution in [0.4, 0.5) is 0 Å². The predicted octanol–water partition coefficient (Wildman–Crippen LogP) is 4.21. The Morgan fingerprint density at radius 3 is 2.06 bits per heavy atom. The number of halogens is 1. The molecule has 0 amide bonds. The molecule has 1 unspecified atom stereocenters. The molecule has 0 saturated carbocycles. The highest BCUT2D eigenvalue weighted by molar-refractivity contribution is 6.31. The molecule has 1 N–H and O–H groups in total. The largest absolute Gasteiger partial charge is 0.381 e. The van der Waals surface area contributed by atoms with Crippen molar-refractivity contribution >= 4 is 11.6 Å². The monoisotopic (exact) mass is 260 g/mol. The zero-order valence-corrected chi connectivity index (χ0v) is 11.6. The van der Waals surface area contributed by atoms with Gasteiger partial charge in [-0.25, -0.2) is 0 Å². The fourth-order valence-electron chi connectivity index (χ4n) is 1.94. The highest BCUT2D eigenvalue weighted by Gasteiger charge is 2.25. The Balaban J connectivity index is 2.46. The van der Waals surface area contributed by atoms with Crippen LogP contribution in [0.15, 0.2) is 42.5 Å². The second-order valence-electron chi connectivity index (χ2n) is 4.90. The quantitative estimate of drug-likeness (QED) is 0.858. The lowest BCUT2D eigenvalue weighted by atomic mass is 9.87. The SMILES string of the molecule is Cc1ccc(C(C)(O)c2ccc(C)c(Cl)c2)cc1. The molecular weight excluding hydrogens is 244 g/mol. The Labute approximate surface area is 113 Å². The molecule has 0 heterocycles. The second-order valence-corrected chi connectivity index (χ2v) is 5.31. The van der Waals surface area contributed by atoms with E-state index in [4.69, 9.17) is 11.6 Å². The molecule has 0 aromatic heterocycles. The molecular formula is C16H17ClO. The normalized spacial score (nSPS) is 14.3. The second kappa shape index (κ2) is 4.75. The van der Waals surface area contributed by atoms with Crippen molar-refractivity contribution in [3.05, 3.63) is 69.7 Å². The van der Waals surface area contributed by atoms with E-state index in [0.29, 0.717) is 5.02 Å². The maximum atomic E-state index is 10.7. The van der Waals surface area contributed by atoms with Gasteiger partial charge in [0.05, 0.1) is 0 Å². The van der Waals surface area contributed by atoms with Crippen LogP contribution in [-0.2, 0) is 5.60 Å². The van der Waals surface area contributed by atoms with Crippen LogP contribution in [0, 0.1) is 13.8 Å². The van der Waals surface area contributed by atoms with Gasteiger partial charge in [-0.3, -0.25) is 0 Å². The Morgan fingerprint density at radius 2 is 1.50 bits per heavy atom. The summed E-state index contributed by atoms with van der Waals surface area (Å²) in [7, 11) is 0. The van der Waals surface area contributed by atoms with Crippen LogP contribution in [0.3, 0.4) is 0 Å². The van der Waals surface area contributed by atoms with Crippen molar-refractivity contribution < 1.29 is 5.11 Å². The minimum absolute atomic E-state index is 0.680. The molecule has 1 nitrogen and oxygen atoms in total. The lowest BCUT2D eigenvalue weighted by Gasteiger charge is -2.25. The van der Waals surface area contributed by atoms with Gasteiger partial charge in [0.25, 0.3) is 0 Å². The molecule has 2 aromatic carbocycles. The van der Waals surface area contributed by atoms with E-state index in [9.17, 15) is 5.11 Å². The minimum Gasteiger partial charge on any atom is -0.381 e. The summed E-state index contributed by atoms with van der Waals surface area (Å²) in [6, 6.07) is 13.6. The molecule has 94 valence electrons. The van der Waals surface area contributed by atoms with Crippen molar-refractivity contribution in [3.8, 4) is 0 Å². The van der Waals surface area contributed by atoms with Gasteiger partial charge in [-0.2, -0.15) is 0 Å². The molecule has 0 aliphatic rings. The number of rotatable bonds is 2. The Hall–Kier alpha value is -1.31. The summed E-state index contributed by atoms with van der Waals surface area (Å²) in [6.07, 6.45) is 0. The third kappa shape index (κ3) is 2.43. The summed E-state index contributed by atoms with van der Waals surface area (Å²) in [5.41, 5.74) is 2.84. The smallest absolute Gasteiger partial charge is 0.112 e. The van der Waals surface area contributed by atoms with E-state index in [1.807, 2.05) is 56.3 Å². The van der Waals surface area contributed by atoms with Crippen molar-refractivity contribution in [2.45, 2.75) is 26.4 Å². The van der Waals surface area contributed by atoms with Gasteiger partial charge in [0.15, 0.2) is 0 Å². The van der Waals surface area contributed by atoms with Gasteiger partial charge < -0.3 is 5.11 Å². The van der Waals surface area contributed by atoms with Gasteiger partial charge in [-0.15, -0.1) is 0 Å². The first kappa shape index (κ1) is 13.1. The number of aliphatic hydroxyl groups is 1. The van der Waals surface area contributed by atoms with Gasteiger partial charge >= 0.3 is 0 Å². The first-order chi connectivity index (χ1) is 8.41. The van der Waals surface area contributed by atoms with Crippen LogP contribution < -0.4 is 0 Å². The van der Waals surface area contributed by atoms with E-state index in [1.165, 1.54) is 5.56 Å². The number of hydrogen-bond donors (Lipinski definition) is 1. The molecule has 2 heteroatoms. The molecule has 0 aliphatic heterocycles. The standard InChI is InChI=1S/C16H17ClO/c1-11-4-7-13(8-5-11)16(3,18)14-9-6-12(2)15(17)10-14/h4-10,18H,1-3H3. The average molecular weight is 261 g/mol. The van der Waals surface area contributed by atoms with Crippen LogP contribution in [0.1, 0.15) is 29.2 Å². The van der Waals surface area contributed by atoms with E-state index < -0.39 is 5.60 Å². The molecule has 2 aromatic rings. The van der Waals surface area contributed by atoms with Crippen molar-refractivity contribution in [1.29, 1.82) is 0 Å². The summed E-state index contributed by atoms with van der Waals surface area (Å²) in [4.78, 5) is 0. The van der Waals surface area contributed by atoms with E-state index in [2.05, 4.69) is 0 Å². The maximum Gasteiger partial charge on any atom is 0.112 e. The first-order valence-corrected chi connectivity index (χ1v) is 6.35. The number of benzene rings is 2. The lowest BCUT2D eigenvalue weighted by Crippen LogP contribution is -2.22. The van der Waals surface area contributed by atoms with Gasteiger partial charge in [-0.1, -0.05) is 53.6 Å². The predicted molar refractivity (Wildman–Crippen MR) is 76.0 cm³/mol.